The van der Waals surface area contributed by atoms with Gasteiger partial charge in [0.1, 0.15) is 0 Å². The fraction of sp³-hybridized carbons (Fsp3) is 0. The lowest BCUT2D eigenvalue weighted by atomic mass is 10.6. The normalized spacial score (nSPS) is 13.6. The summed E-state index contributed by atoms with van der Waals surface area (Å²) in [6, 6.07) is 0. The highest BCUT2D eigenvalue weighted by Gasteiger charge is 2.45. The third kappa shape index (κ3) is 1.46. The first kappa shape index (κ1) is 10.6. The van der Waals surface area contributed by atoms with Crippen LogP contribution in [0.2, 0.25) is 0 Å². The summed E-state index contributed by atoms with van der Waals surface area (Å²) in [5.41, 5.74) is -2.41. The molecular formula is C4H2N6O7. The predicted octanol–water partition coefficient (Wildman–Crippen LogP) is -2.08. The Morgan fingerprint density at radius 2 is 1.29 bits per heavy atom. The monoisotopic (exact) mass is 246 g/mol. The Hall–Kier alpha value is -2.96. The summed E-state index contributed by atoms with van der Waals surface area (Å²) in [5, 5.41) is 18.3. The summed E-state index contributed by atoms with van der Waals surface area (Å²) >= 11 is 0. The molecule has 0 aromatic carbocycles. The molecule has 0 spiro atoms. The van der Waals surface area contributed by atoms with E-state index in [-0.39, 0.29) is 10.3 Å². The molecular weight excluding hydrogens is 244 g/mol. The van der Waals surface area contributed by atoms with Crippen LogP contribution in [0.5, 0.6) is 0 Å². The van der Waals surface area contributed by atoms with E-state index in [0.29, 0.717) is 0 Å². The summed E-state index contributed by atoms with van der Waals surface area (Å²) in [6.45, 7) is 0. The van der Waals surface area contributed by atoms with E-state index in [4.69, 9.17) is 0 Å². The maximum atomic E-state index is 10.9. The van der Waals surface area contributed by atoms with Gasteiger partial charge in [-0.15, -0.1) is 0 Å². The van der Waals surface area contributed by atoms with E-state index in [9.17, 15) is 29.8 Å². The van der Waals surface area contributed by atoms with Crippen LogP contribution in [0.3, 0.4) is 0 Å². The predicted molar refractivity (Wildman–Crippen MR) is 47.7 cm³/mol. The summed E-state index contributed by atoms with van der Waals surface area (Å²) in [6.07, 6.45) is 0. The Morgan fingerprint density at radius 3 is 1.59 bits per heavy atom. The van der Waals surface area contributed by atoms with Gasteiger partial charge in [0, 0.05) is 0 Å². The number of nitrogens with zero attached hydrogens (tertiary/aromatic N) is 4. The van der Waals surface area contributed by atoms with E-state index in [1.54, 1.807) is 9.97 Å². The van der Waals surface area contributed by atoms with Crippen LogP contribution >= 0.6 is 0 Å². The summed E-state index contributed by atoms with van der Waals surface area (Å²) in [4.78, 5) is 50.6. The molecule has 0 bridgehead atoms. The molecule has 0 amide bonds. The van der Waals surface area contributed by atoms with Crippen molar-refractivity contribution in [2.45, 2.75) is 0 Å². The molecule has 13 heteroatoms. The number of hydrazine groups is 2. The van der Waals surface area contributed by atoms with Gasteiger partial charge in [0.2, 0.25) is 0 Å². The second kappa shape index (κ2) is 3.27. The quantitative estimate of drug-likeness (QED) is 0.337. The molecule has 0 unspecified atom stereocenters. The van der Waals surface area contributed by atoms with Gasteiger partial charge in [-0.3, -0.25) is 19.6 Å². The van der Waals surface area contributed by atoms with Gasteiger partial charge in [-0.2, -0.15) is 0 Å². The highest BCUT2D eigenvalue weighted by Crippen LogP contribution is 2.30. The molecule has 2 heterocycles. The number of nitro groups is 2. The average molecular weight is 246 g/mol. The Kier molecular flexibility index (Phi) is 2.03. The molecule has 17 heavy (non-hydrogen) atoms. The summed E-state index contributed by atoms with van der Waals surface area (Å²) < 4.78 is 0. The number of hydrogen-bond acceptors (Lipinski definition) is 7. The number of nitrogens with one attached hydrogen (secondary N) is 2. The zero-order valence-corrected chi connectivity index (χ0v) is 7.65. The Bertz CT molecular complexity index is 563. The molecule has 2 rings (SSSR count). The number of H-pyrrole nitrogens is 2. The SMILES string of the molecule is O=c1[nH]c2c([nH]c1=O)N([N+](=O)[O-])ON2[N+](=O)[O-]. The van der Waals surface area contributed by atoms with Crippen molar-refractivity contribution in [3.8, 4) is 0 Å². The standard InChI is InChI=1S/C4H2N6O7/c11-3-4(12)6-2-1(5-3)7(9(13)14)17-8(2)10(15)16/h(H,5,11)(H,6,12). The molecule has 13 nitrogen and oxygen atoms in total. The second-order valence-corrected chi connectivity index (χ2v) is 2.71. The minimum atomic E-state index is -1.20. The van der Waals surface area contributed by atoms with Gasteiger partial charge >= 0.3 is 11.1 Å². The van der Waals surface area contributed by atoms with E-state index in [1.807, 2.05) is 0 Å². The van der Waals surface area contributed by atoms with Crippen molar-refractivity contribution in [3.63, 3.8) is 0 Å². The Morgan fingerprint density at radius 1 is 0.941 bits per heavy atom. The zero-order chi connectivity index (χ0) is 12.7. The van der Waals surface area contributed by atoms with E-state index in [0.717, 1.165) is 0 Å². The molecule has 1 aliphatic rings. The van der Waals surface area contributed by atoms with Gasteiger partial charge < -0.3 is 0 Å². The van der Waals surface area contributed by atoms with Crippen molar-refractivity contribution in [3.05, 3.63) is 40.9 Å². The zero-order valence-electron chi connectivity index (χ0n) is 7.65. The van der Waals surface area contributed by atoms with Gasteiger partial charge in [-0.1, -0.05) is 0 Å². The van der Waals surface area contributed by atoms with Crippen LogP contribution in [0.4, 0.5) is 11.6 Å². The second-order valence-electron chi connectivity index (χ2n) is 2.71. The summed E-state index contributed by atoms with van der Waals surface area (Å²) in [5.74, 6) is -1.31. The lowest BCUT2D eigenvalue weighted by molar-refractivity contribution is -0.604. The van der Waals surface area contributed by atoms with Crippen molar-refractivity contribution in [2.24, 2.45) is 0 Å². The van der Waals surface area contributed by atoms with Crippen LogP contribution in [0.15, 0.2) is 9.59 Å². The first-order valence-electron chi connectivity index (χ1n) is 3.85. The van der Waals surface area contributed by atoms with Crippen molar-refractivity contribution < 1.29 is 15.0 Å². The van der Waals surface area contributed by atoms with E-state index >= 15 is 0 Å². The molecule has 0 atom stereocenters. The highest BCUT2D eigenvalue weighted by atomic mass is 17.0. The first-order valence-corrected chi connectivity index (χ1v) is 3.85. The summed E-state index contributed by atoms with van der Waals surface area (Å²) in [7, 11) is 0. The molecule has 0 saturated carbocycles. The van der Waals surface area contributed by atoms with Crippen LogP contribution in [-0.2, 0) is 4.94 Å². The van der Waals surface area contributed by atoms with E-state index in [2.05, 4.69) is 4.94 Å². The first-order chi connectivity index (χ1) is 7.91. The molecule has 0 fully saturated rings. The smallest absolute Gasteiger partial charge is 0.293 e. The Labute approximate surface area is 89.0 Å². The van der Waals surface area contributed by atoms with E-state index in [1.165, 1.54) is 0 Å². The molecule has 2 N–H and O–H groups in total. The average Bonchev–Trinajstić information content (AvgIpc) is 2.57. The van der Waals surface area contributed by atoms with Gasteiger partial charge in [0.05, 0.1) is 10.3 Å². The van der Waals surface area contributed by atoms with Gasteiger partial charge in [-0.05, 0) is 4.94 Å². The highest BCUT2D eigenvalue weighted by molar-refractivity contribution is 5.59. The van der Waals surface area contributed by atoms with Crippen molar-refractivity contribution in [2.75, 3.05) is 10.3 Å². The fourth-order valence-electron chi connectivity index (χ4n) is 1.10. The number of aromatic amines is 2. The fourth-order valence-corrected chi connectivity index (χ4v) is 1.10. The molecule has 0 aliphatic carbocycles. The van der Waals surface area contributed by atoms with Gasteiger partial charge in [-0.25, -0.2) is 20.2 Å². The molecule has 1 aromatic rings. The van der Waals surface area contributed by atoms with Crippen LogP contribution in [0.25, 0.3) is 0 Å². The largest absolute Gasteiger partial charge is 0.315 e. The minimum Gasteiger partial charge on any atom is -0.293 e. The number of rotatable bonds is 2. The number of aromatic nitrogens is 2. The van der Waals surface area contributed by atoms with Gasteiger partial charge in [0.15, 0.2) is 10.1 Å². The molecule has 1 aromatic heterocycles. The van der Waals surface area contributed by atoms with Crippen LogP contribution in [0, 0.1) is 20.2 Å². The van der Waals surface area contributed by atoms with Crippen molar-refractivity contribution >= 4 is 11.6 Å². The Balaban J connectivity index is 2.67. The topological polar surface area (TPSA) is 168 Å². The lowest BCUT2D eigenvalue weighted by Gasteiger charge is -2.02. The maximum absolute atomic E-state index is 10.9. The van der Waals surface area contributed by atoms with Crippen LogP contribution < -0.4 is 21.5 Å². The van der Waals surface area contributed by atoms with Gasteiger partial charge in [0.25, 0.3) is 11.6 Å². The molecule has 0 radical (unpaired) electrons. The molecule has 90 valence electrons. The number of anilines is 2. The number of fused-ring (bicyclic) bond motifs is 1. The van der Waals surface area contributed by atoms with Crippen molar-refractivity contribution in [1.82, 2.24) is 9.97 Å². The third-order valence-corrected chi connectivity index (χ3v) is 1.73. The lowest BCUT2D eigenvalue weighted by Crippen LogP contribution is -2.35. The third-order valence-electron chi connectivity index (χ3n) is 1.73. The molecule has 1 aliphatic heterocycles. The van der Waals surface area contributed by atoms with Crippen LogP contribution in [-0.4, -0.2) is 20.0 Å². The minimum absolute atomic E-state index is 0.157. The molecule has 0 saturated heterocycles. The van der Waals surface area contributed by atoms with Crippen LogP contribution in [0.1, 0.15) is 0 Å². The van der Waals surface area contributed by atoms with Crippen molar-refractivity contribution in [1.29, 1.82) is 0 Å². The number of hydrogen-bond donors (Lipinski definition) is 2. The maximum Gasteiger partial charge on any atom is 0.315 e. The van der Waals surface area contributed by atoms with E-state index < -0.39 is 32.8 Å².